The molecule has 1 heterocycles. The molecule has 0 saturated carbocycles. The number of rotatable bonds is 2. The minimum absolute atomic E-state index is 0.107. The van der Waals surface area contributed by atoms with Crippen molar-refractivity contribution in [3.8, 4) is 0 Å². The smallest absolute Gasteiger partial charge is 0.320 e. The molecule has 0 radical (unpaired) electrons. The lowest BCUT2D eigenvalue weighted by Gasteiger charge is -2.40. The molecule has 29 heavy (non-hydrogen) atoms. The van der Waals surface area contributed by atoms with Gasteiger partial charge in [-0.1, -0.05) is 42.5 Å². The van der Waals surface area contributed by atoms with Crippen LogP contribution in [0, 0.1) is 5.41 Å². The summed E-state index contributed by atoms with van der Waals surface area (Å²) < 4.78 is 5.12. The molecule has 0 bridgehead atoms. The number of hydrogen-bond donors (Lipinski definition) is 0. The van der Waals surface area contributed by atoms with E-state index in [0.717, 1.165) is 16.9 Å². The van der Waals surface area contributed by atoms with Crippen LogP contribution in [0.5, 0.6) is 0 Å². The summed E-state index contributed by atoms with van der Waals surface area (Å²) in [4.78, 5) is 41.5. The van der Waals surface area contributed by atoms with Crippen LogP contribution in [0.4, 0.5) is 5.69 Å². The normalized spacial score (nSPS) is 22.6. The van der Waals surface area contributed by atoms with E-state index in [1.165, 1.54) is 7.11 Å². The molecule has 2 aliphatic carbocycles. The van der Waals surface area contributed by atoms with Crippen molar-refractivity contribution in [2.24, 2.45) is 5.41 Å². The molecule has 0 saturated heterocycles. The van der Waals surface area contributed by atoms with Crippen molar-refractivity contribution in [1.82, 2.24) is 0 Å². The molecule has 0 N–H and O–H groups in total. The lowest BCUT2D eigenvalue weighted by Crippen LogP contribution is -2.43. The molecular weight excluding hydrogens is 366 g/mol. The number of hydrogen-bond acceptors (Lipinski definition) is 5. The predicted octanol–water partition coefficient (Wildman–Crippen LogP) is 3.91. The zero-order valence-electron chi connectivity index (χ0n) is 16.2. The number of ether oxygens (including phenoxy) is 1. The lowest BCUT2D eigenvalue weighted by atomic mass is 9.70. The number of fused-ring (bicyclic) bond motifs is 2. The molecule has 3 aliphatic rings. The Kier molecular flexibility index (Phi) is 3.65. The fourth-order valence-corrected chi connectivity index (χ4v) is 4.92. The Morgan fingerprint density at radius 2 is 1.59 bits per heavy atom. The first-order valence-electron chi connectivity index (χ1n) is 9.59. The van der Waals surface area contributed by atoms with Crippen LogP contribution in [0.25, 0.3) is 5.70 Å². The number of Topliss-reactive ketones (excluding diaryl/α,β-unsaturated/α-hetero) is 2. The van der Waals surface area contributed by atoms with Crippen LogP contribution < -0.4 is 4.90 Å². The van der Waals surface area contributed by atoms with E-state index in [1.54, 1.807) is 13.0 Å². The monoisotopic (exact) mass is 385 g/mol. The van der Waals surface area contributed by atoms with E-state index in [0.29, 0.717) is 35.2 Å². The second kappa shape index (κ2) is 6.01. The van der Waals surface area contributed by atoms with Gasteiger partial charge in [0.15, 0.2) is 11.6 Å². The third-order valence-corrected chi connectivity index (χ3v) is 6.15. The van der Waals surface area contributed by atoms with Crippen molar-refractivity contribution in [2.75, 3.05) is 12.0 Å². The maximum atomic E-state index is 13.5. The van der Waals surface area contributed by atoms with E-state index in [2.05, 4.69) is 0 Å². The third-order valence-electron chi connectivity index (χ3n) is 6.15. The van der Waals surface area contributed by atoms with Crippen LogP contribution in [0.3, 0.4) is 0 Å². The molecule has 0 aromatic heterocycles. The highest BCUT2D eigenvalue weighted by molar-refractivity contribution is 6.28. The zero-order chi connectivity index (χ0) is 20.3. The molecule has 5 heteroatoms. The van der Waals surface area contributed by atoms with Crippen molar-refractivity contribution < 1.29 is 19.1 Å². The molecule has 5 rings (SSSR count). The van der Waals surface area contributed by atoms with E-state index >= 15 is 0 Å². The number of nitrogens with zero attached hydrogens (tertiary/aromatic N) is 1. The van der Waals surface area contributed by atoms with Gasteiger partial charge in [0.05, 0.1) is 12.8 Å². The summed E-state index contributed by atoms with van der Waals surface area (Å²) in [5, 5.41) is 0. The minimum atomic E-state index is -1.42. The first-order chi connectivity index (χ1) is 14.0. The van der Waals surface area contributed by atoms with Crippen molar-refractivity contribution in [2.45, 2.75) is 19.8 Å². The highest BCUT2D eigenvalue weighted by Gasteiger charge is 2.58. The van der Waals surface area contributed by atoms with Gasteiger partial charge in [0, 0.05) is 40.1 Å². The largest absolute Gasteiger partial charge is 0.468 e. The van der Waals surface area contributed by atoms with Crippen LogP contribution in [-0.2, 0) is 14.3 Å². The number of para-hydroxylation sites is 1. The average Bonchev–Trinajstić information content (AvgIpc) is 3.28. The van der Waals surface area contributed by atoms with Gasteiger partial charge in [-0.05, 0) is 25.5 Å². The second-order valence-electron chi connectivity index (χ2n) is 7.63. The lowest BCUT2D eigenvalue weighted by molar-refractivity contribution is -0.148. The van der Waals surface area contributed by atoms with E-state index < -0.39 is 11.4 Å². The molecule has 0 fully saturated rings. The molecule has 0 spiro atoms. The summed E-state index contributed by atoms with van der Waals surface area (Å²) in [6.07, 6.45) is 0.833. The number of esters is 1. The third kappa shape index (κ3) is 2.13. The Labute approximate surface area is 168 Å². The van der Waals surface area contributed by atoms with Gasteiger partial charge in [0.2, 0.25) is 0 Å². The summed E-state index contributed by atoms with van der Waals surface area (Å²) in [6.45, 7) is 1.65. The first kappa shape index (κ1) is 17.6. The summed E-state index contributed by atoms with van der Waals surface area (Å²) in [6, 6.07) is 17.0. The molecule has 144 valence electrons. The highest BCUT2D eigenvalue weighted by Crippen LogP contribution is 2.57. The van der Waals surface area contributed by atoms with Crippen LogP contribution in [0.1, 0.15) is 35.7 Å². The van der Waals surface area contributed by atoms with Crippen molar-refractivity contribution in [3.05, 3.63) is 82.6 Å². The SMILES string of the molecule is COC(=O)[C@]1(C)C2=C(CCC2=O)N(c2ccccc2)C2=C1C(=O)c1ccccc12. The van der Waals surface area contributed by atoms with Crippen LogP contribution >= 0.6 is 0 Å². The van der Waals surface area contributed by atoms with E-state index in [1.807, 2.05) is 53.4 Å². The van der Waals surface area contributed by atoms with Crippen LogP contribution in [-0.4, -0.2) is 24.6 Å². The van der Waals surface area contributed by atoms with Gasteiger partial charge < -0.3 is 9.64 Å². The predicted molar refractivity (Wildman–Crippen MR) is 108 cm³/mol. The Balaban J connectivity index is 1.89. The van der Waals surface area contributed by atoms with Gasteiger partial charge in [-0.15, -0.1) is 0 Å². The number of ketones is 2. The first-order valence-corrected chi connectivity index (χ1v) is 9.59. The Morgan fingerprint density at radius 1 is 0.931 bits per heavy atom. The zero-order valence-corrected chi connectivity index (χ0v) is 16.2. The number of carbonyl (C=O) groups is 3. The summed E-state index contributed by atoms with van der Waals surface area (Å²) in [5.74, 6) is -0.915. The number of carbonyl (C=O) groups excluding carboxylic acids is 3. The van der Waals surface area contributed by atoms with E-state index in [4.69, 9.17) is 4.74 Å². The maximum Gasteiger partial charge on any atom is 0.320 e. The van der Waals surface area contributed by atoms with E-state index in [9.17, 15) is 14.4 Å². The fraction of sp³-hybridized carbons (Fsp3) is 0.208. The molecule has 1 atom stereocenters. The van der Waals surface area contributed by atoms with Crippen molar-refractivity contribution in [3.63, 3.8) is 0 Å². The van der Waals surface area contributed by atoms with Gasteiger partial charge >= 0.3 is 5.97 Å². The van der Waals surface area contributed by atoms with Gasteiger partial charge in [-0.2, -0.15) is 0 Å². The quantitative estimate of drug-likeness (QED) is 0.734. The molecular formula is C24H19NO4. The second-order valence-corrected chi connectivity index (χ2v) is 7.63. The Bertz CT molecular complexity index is 1160. The molecule has 2 aromatic rings. The van der Waals surface area contributed by atoms with Crippen LogP contribution in [0.15, 0.2) is 71.4 Å². The Morgan fingerprint density at radius 3 is 2.28 bits per heavy atom. The summed E-state index contributed by atoms with van der Waals surface area (Å²) in [5.41, 5.74) is 2.92. The Hall–Kier alpha value is -3.47. The average molecular weight is 385 g/mol. The number of anilines is 1. The van der Waals surface area contributed by atoms with Crippen LogP contribution in [0.2, 0.25) is 0 Å². The number of benzene rings is 2. The maximum absolute atomic E-state index is 13.5. The van der Waals surface area contributed by atoms with Crippen molar-refractivity contribution >= 4 is 28.9 Å². The highest BCUT2D eigenvalue weighted by atomic mass is 16.5. The van der Waals surface area contributed by atoms with Gasteiger partial charge in [-0.25, -0.2) is 0 Å². The minimum Gasteiger partial charge on any atom is -0.468 e. The standard InChI is InChI=1S/C24H19NO4/c1-24(23(28)29-2)19-17(12-13-18(19)26)25(14-8-4-3-5-9-14)21-15-10-6-7-11-16(15)22(27)20(21)24/h3-11H,12-13H2,1-2H3/t24-/m1/s1. The van der Waals surface area contributed by atoms with Gasteiger partial charge in [-0.3, -0.25) is 14.4 Å². The molecule has 1 aliphatic heterocycles. The number of allylic oxidation sites excluding steroid dienone is 1. The van der Waals surface area contributed by atoms with Gasteiger partial charge in [0.25, 0.3) is 0 Å². The molecule has 5 nitrogen and oxygen atoms in total. The summed E-state index contributed by atoms with van der Waals surface area (Å²) >= 11 is 0. The molecule has 0 amide bonds. The van der Waals surface area contributed by atoms with Gasteiger partial charge in [0.1, 0.15) is 5.41 Å². The fourth-order valence-electron chi connectivity index (χ4n) is 4.92. The number of methoxy groups -OCH3 is 1. The topological polar surface area (TPSA) is 63.7 Å². The summed E-state index contributed by atoms with van der Waals surface area (Å²) in [7, 11) is 1.30. The molecule has 2 aromatic carbocycles. The van der Waals surface area contributed by atoms with Crippen molar-refractivity contribution in [1.29, 1.82) is 0 Å². The molecule has 0 unspecified atom stereocenters. The van der Waals surface area contributed by atoms with E-state index in [-0.39, 0.29) is 11.6 Å².